The van der Waals surface area contributed by atoms with Gasteiger partial charge >= 0.3 is 0 Å². The van der Waals surface area contributed by atoms with Gasteiger partial charge in [0.05, 0.1) is 0 Å². The molecule has 2 saturated heterocycles. The largest absolute Gasteiger partial charge is 0.490 e. The first kappa shape index (κ1) is 17.4. The van der Waals surface area contributed by atoms with E-state index in [1.54, 1.807) is 0 Å². The third kappa shape index (κ3) is 4.04. The molecular formula is C21H29N3O2. The Morgan fingerprint density at radius 2 is 1.92 bits per heavy atom. The van der Waals surface area contributed by atoms with Gasteiger partial charge in [-0.05, 0) is 43.9 Å². The SMILES string of the molecule is O=C1CCCCCN1CCN1CCC(Oc2cccc3[nH]ccc23)CC1. The molecule has 0 bridgehead atoms. The summed E-state index contributed by atoms with van der Waals surface area (Å²) < 4.78 is 6.29. The normalized spacial score (nSPS) is 20.5. The van der Waals surface area contributed by atoms with Crippen LogP contribution in [0.15, 0.2) is 30.5 Å². The molecule has 2 aliphatic rings. The molecule has 5 heteroatoms. The number of H-pyrrole nitrogens is 1. The van der Waals surface area contributed by atoms with Gasteiger partial charge in [0, 0.05) is 56.2 Å². The molecule has 0 saturated carbocycles. The van der Waals surface area contributed by atoms with Crippen LogP contribution in [0.25, 0.3) is 10.9 Å². The molecule has 2 fully saturated rings. The van der Waals surface area contributed by atoms with Crippen LogP contribution in [0.4, 0.5) is 0 Å². The first-order chi connectivity index (χ1) is 12.8. The van der Waals surface area contributed by atoms with Gasteiger partial charge < -0.3 is 19.5 Å². The Morgan fingerprint density at radius 3 is 2.81 bits per heavy atom. The van der Waals surface area contributed by atoms with Crippen LogP contribution in [-0.4, -0.2) is 59.5 Å². The highest BCUT2D eigenvalue weighted by atomic mass is 16.5. The predicted molar refractivity (Wildman–Crippen MR) is 103 cm³/mol. The fourth-order valence-electron chi connectivity index (χ4n) is 4.13. The van der Waals surface area contributed by atoms with Crippen molar-refractivity contribution in [3.63, 3.8) is 0 Å². The minimum Gasteiger partial charge on any atom is -0.490 e. The lowest BCUT2D eigenvalue weighted by Crippen LogP contribution is -2.43. The number of carbonyl (C=O) groups is 1. The zero-order valence-corrected chi connectivity index (χ0v) is 15.5. The molecule has 5 nitrogen and oxygen atoms in total. The maximum Gasteiger partial charge on any atom is 0.222 e. The van der Waals surface area contributed by atoms with Crippen LogP contribution in [0.1, 0.15) is 38.5 Å². The lowest BCUT2D eigenvalue weighted by atomic mass is 10.1. The van der Waals surface area contributed by atoms with Gasteiger partial charge in [-0.3, -0.25) is 4.79 Å². The summed E-state index contributed by atoms with van der Waals surface area (Å²) in [6.07, 6.45) is 8.50. The van der Waals surface area contributed by atoms with E-state index in [-0.39, 0.29) is 6.10 Å². The third-order valence-corrected chi connectivity index (χ3v) is 5.74. The van der Waals surface area contributed by atoms with Gasteiger partial charge in [0.15, 0.2) is 0 Å². The number of amides is 1. The predicted octanol–water partition coefficient (Wildman–Crippen LogP) is 3.41. The van der Waals surface area contributed by atoms with Crippen molar-refractivity contribution in [2.75, 3.05) is 32.7 Å². The molecule has 140 valence electrons. The standard InChI is InChI=1S/C21H29N3O2/c25-21-7-2-1-3-12-24(21)16-15-23-13-9-17(10-14-23)26-20-6-4-5-19-18(20)8-11-22-19/h4-6,8,11,17,22H,1-3,7,9-10,12-16H2. The van der Waals surface area contributed by atoms with Gasteiger partial charge in [-0.15, -0.1) is 0 Å². The first-order valence-electron chi connectivity index (χ1n) is 10.0. The fourth-order valence-corrected chi connectivity index (χ4v) is 4.13. The highest BCUT2D eigenvalue weighted by Gasteiger charge is 2.23. The second-order valence-corrected chi connectivity index (χ2v) is 7.55. The van der Waals surface area contributed by atoms with Gasteiger partial charge in [0.25, 0.3) is 0 Å². The van der Waals surface area contributed by atoms with Gasteiger partial charge in [0.1, 0.15) is 11.9 Å². The molecule has 0 unspecified atom stereocenters. The molecule has 1 N–H and O–H groups in total. The average Bonchev–Trinajstić information content (AvgIpc) is 3.05. The Morgan fingerprint density at radius 1 is 1.04 bits per heavy atom. The Bertz CT molecular complexity index is 734. The van der Waals surface area contributed by atoms with Crippen molar-refractivity contribution in [1.82, 2.24) is 14.8 Å². The molecule has 4 rings (SSSR count). The molecule has 2 aromatic rings. The van der Waals surface area contributed by atoms with Crippen molar-refractivity contribution < 1.29 is 9.53 Å². The minimum atomic E-state index is 0.284. The second kappa shape index (κ2) is 8.12. The van der Waals surface area contributed by atoms with E-state index in [0.29, 0.717) is 5.91 Å². The van der Waals surface area contributed by atoms with E-state index in [1.807, 2.05) is 12.3 Å². The molecule has 1 aromatic heterocycles. The topological polar surface area (TPSA) is 48.6 Å². The molecule has 2 aliphatic heterocycles. The maximum absolute atomic E-state index is 12.1. The molecule has 0 radical (unpaired) electrons. The van der Waals surface area contributed by atoms with E-state index in [0.717, 1.165) is 81.5 Å². The number of hydrogen-bond donors (Lipinski definition) is 1. The van der Waals surface area contributed by atoms with E-state index in [1.165, 1.54) is 6.42 Å². The molecule has 3 heterocycles. The van der Waals surface area contributed by atoms with Crippen LogP contribution in [0.5, 0.6) is 5.75 Å². The third-order valence-electron chi connectivity index (χ3n) is 5.74. The van der Waals surface area contributed by atoms with Crippen LogP contribution >= 0.6 is 0 Å². The number of carbonyl (C=O) groups excluding carboxylic acids is 1. The number of aromatic amines is 1. The van der Waals surface area contributed by atoms with Crippen LogP contribution in [0.2, 0.25) is 0 Å². The van der Waals surface area contributed by atoms with Gasteiger partial charge in [-0.2, -0.15) is 0 Å². The number of piperidine rings is 1. The molecule has 0 spiro atoms. The first-order valence-corrected chi connectivity index (χ1v) is 10.0. The molecule has 26 heavy (non-hydrogen) atoms. The van der Waals surface area contributed by atoms with Gasteiger partial charge in [-0.1, -0.05) is 12.5 Å². The number of nitrogens with zero attached hydrogens (tertiary/aromatic N) is 2. The van der Waals surface area contributed by atoms with Crippen LogP contribution < -0.4 is 4.74 Å². The Balaban J connectivity index is 1.25. The number of fused-ring (bicyclic) bond motifs is 1. The number of ether oxygens (including phenoxy) is 1. The van der Waals surface area contributed by atoms with E-state index in [2.05, 4.69) is 33.0 Å². The number of aromatic nitrogens is 1. The number of hydrogen-bond acceptors (Lipinski definition) is 3. The summed E-state index contributed by atoms with van der Waals surface area (Å²) in [4.78, 5) is 19.9. The van der Waals surface area contributed by atoms with Crippen molar-refractivity contribution in [2.45, 2.75) is 44.6 Å². The lowest BCUT2D eigenvalue weighted by Gasteiger charge is -2.33. The maximum atomic E-state index is 12.1. The summed E-state index contributed by atoms with van der Waals surface area (Å²) in [7, 11) is 0. The number of rotatable bonds is 5. The summed E-state index contributed by atoms with van der Waals surface area (Å²) in [6, 6.07) is 8.27. The molecule has 1 amide bonds. The highest BCUT2D eigenvalue weighted by molar-refractivity contribution is 5.85. The quantitative estimate of drug-likeness (QED) is 0.894. The van der Waals surface area contributed by atoms with Crippen molar-refractivity contribution >= 4 is 16.8 Å². The van der Waals surface area contributed by atoms with E-state index >= 15 is 0 Å². The van der Waals surface area contributed by atoms with Crippen molar-refractivity contribution in [3.05, 3.63) is 30.5 Å². The summed E-state index contributed by atoms with van der Waals surface area (Å²) in [6.45, 7) is 4.92. The van der Waals surface area contributed by atoms with E-state index in [4.69, 9.17) is 4.74 Å². The Labute approximate surface area is 155 Å². The number of nitrogens with one attached hydrogen (secondary N) is 1. The van der Waals surface area contributed by atoms with Crippen LogP contribution in [-0.2, 0) is 4.79 Å². The smallest absolute Gasteiger partial charge is 0.222 e. The molecule has 0 atom stereocenters. The lowest BCUT2D eigenvalue weighted by molar-refractivity contribution is -0.130. The van der Waals surface area contributed by atoms with Gasteiger partial charge in [-0.25, -0.2) is 0 Å². The average molecular weight is 355 g/mol. The van der Waals surface area contributed by atoms with E-state index < -0.39 is 0 Å². The van der Waals surface area contributed by atoms with Gasteiger partial charge in [0.2, 0.25) is 5.91 Å². The monoisotopic (exact) mass is 355 g/mol. The highest BCUT2D eigenvalue weighted by Crippen LogP contribution is 2.27. The number of benzene rings is 1. The van der Waals surface area contributed by atoms with Crippen molar-refractivity contribution in [2.24, 2.45) is 0 Å². The zero-order chi connectivity index (χ0) is 17.8. The Hall–Kier alpha value is -2.01. The number of likely N-dealkylation sites (tertiary alicyclic amines) is 2. The van der Waals surface area contributed by atoms with Crippen molar-refractivity contribution in [1.29, 1.82) is 0 Å². The molecule has 1 aromatic carbocycles. The van der Waals surface area contributed by atoms with Crippen LogP contribution in [0.3, 0.4) is 0 Å². The zero-order valence-electron chi connectivity index (χ0n) is 15.5. The Kier molecular flexibility index (Phi) is 5.44. The molecule has 0 aliphatic carbocycles. The van der Waals surface area contributed by atoms with E-state index in [9.17, 15) is 4.79 Å². The summed E-state index contributed by atoms with van der Waals surface area (Å²) >= 11 is 0. The molecular weight excluding hydrogens is 326 g/mol. The summed E-state index contributed by atoms with van der Waals surface area (Å²) in [5.74, 6) is 1.33. The summed E-state index contributed by atoms with van der Waals surface area (Å²) in [5, 5.41) is 1.16. The second-order valence-electron chi connectivity index (χ2n) is 7.55. The minimum absolute atomic E-state index is 0.284. The fraction of sp³-hybridized carbons (Fsp3) is 0.571. The van der Waals surface area contributed by atoms with Crippen LogP contribution in [0, 0.1) is 0 Å². The van der Waals surface area contributed by atoms with Crippen molar-refractivity contribution in [3.8, 4) is 5.75 Å². The summed E-state index contributed by atoms with van der Waals surface area (Å²) in [5.41, 5.74) is 1.13.